The van der Waals surface area contributed by atoms with E-state index >= 15 is 0 Å². The van der Waals surface area contributed by atoms with E-state index in [1.165, 1.54) is 0 Å². The van der Waals surface area contributed by atoms with Crippen molar-refractivity contribution < 1.29 is 9.90 Å². The Bertz CT molecular complexity index is 780. The molecule has 0 bridgehead atoms. The third-order valence-electron chi connectivity index (χ3n) is 3.34. The standard InChI is InChI=1S/C16H13N3O2/c1-11-14(16(20)21)8-15(12-4-2-6-17-9-12)19(11)13-5-3-7-18-10-13/h2-10H,1H3,(H,20,21). The van der Waals surface area contributed by atoms with Gasteiger partial charge in [0.1, 0.15) is 0 Å². The molecular formula is C16H13N3O2. The predicted molar refractivity (Wildman–Crippen MR) is 78.5 cm³/mol. The minimum absolute atomic E-state index is 0.276. The van der Waals surface area contributed by atoms with Crippen molar-refractivity contribution in [1.82, 2.24) is 14.5 Å². The number of rotatable bonds is 3. The summed E-state index contributed by atoms with van der Waals surface area (Å²) in [6.45, 7) is 1.79. The molecule has 0 saturated carbocycles. The van der Waals surface area contributed by atoms with Gasteiger partial charge in [-0.15, -0.1) is 0 Å². The second kappa shape index (κ2) is 5.20. The monoisotopic (exact) mass is 279 g/mol. The Morgan fingerprint density at radius 2 is 1.86 bits per heavy atom. The van der Waals surface area contributed by atoms with Gasteiger partial charge in [0.25, 0.3) is 0 Å². The van der Waals surface area contributed by atoms with Crippen LogP contribution in [0.15, 0.2) is 55.1 Å². The zero-order valence-electron chi connectivity index (χ0n) is 11.4. The molecule has 5 heteroatoms. The first-order valence-corrected chi connectivity index (χ1v) is 6.45. The number of carboxylic acids is 1. The Morgan fingerprint density at radius 1 is 1.14 bits per heavy atom. The SMILES string of the molecule is Cc1c(C(=O)O)cc(-c2cccnc2)n1-c1cccnc1. The van der Waals surface area contributed by atoms with E-state index in [1.807, 2.05) is 28.8 Å². The van der Waals surface area contributed by atoms with Crippen LogP contribution in [0.4, 0.5) is 0 Å². The van der Waals surface area contributed by atoms with Crippen LogP contribution in [0.5, 0.6) is 0 Å². The number of hydrogen-bond acceptors (Lipinski definition) is 3. The highest BCUT2D eigenvalue weighted by molar-refractivity contribution is 5.91. The lowest BCUT2D eigenvalue weighted by molar-refractivity contribution is 0.0696. The van der Waals surface area contributed by atoms with Crippen LogP contribution in [0, 0.1) is 6.92 Å². The van der Waals surface area contributed by atoms with E-state index in [1.54, 1.807) is 37.8 Å². The third kappa shape index (κ3) is 2.29. The molecule has 0 aliphatic carbocycles. The number of nitrogens with zero attached hydrogens (tertiary/aromatic N) is 3. The molecule has 0 amide bonds. The molecule has 0 saturated heterocycles. The summed E-state index contributed by atoms with van der Waals surface area (Å²) in [5.74, 6) is -0.944. The quantitative estimate of drug-likeness (QED) is 0.800. The largest absolute Gasteiger partial charge is 0.478 e. The van der Waals surface area contributed by atoms with E-state index in [-0.39, 0.29) is 5.56 Å². The van der Waals surface area contributed by atoms with Crippen LogP contribution in [-0.2, 0) is 0 Å². The molecule has 0 aliphatic heterocycles. The Morgan fingerprint density at radius 3 is 2.43 bits per heavy atom. The Hall–Kier alpha value is -2.95. The lowest BCUT2D eigenvalue weighted by atomic mass is 10.2. The van der Waals surface area contributed by atoms with Crippen LogP contribution in [0.25, 0.3) is 16.9 Å². The molecule has 21 heavy (non-hydrogen) atoms. The molecule has 104 valence electrons. The normalized spacial score (nSPS) is 10.5. The van der Waals surface area contributed by atoms with Gasteiger partial charge in [-0.05, 0) is 37.3 Å². The molecule has 3 aromatic heterocycles. The van der Waals surface area contributed by atoms with Crippen molar-refractivity contribution in [3.05, 3.63) is 66.4 Å². The van der Waals surface area contributed by atoms with Gasteiger partial charge in [-0.25, -0.2) is 4.79 Å². The van der Waals surface area contributed by atoms with Crippen LogP contribution in [0.2, 0.25) is 0 Å². The van der Waals surface area contributed by atoms with E-state index in [9.17, 15) is 9.90 Å². The molecule has 5 nitrogen and oxygen atoms in total. The Balaban J connectivity index is 2.29. The fourth-order valence-electron chi connectivity index (χ4n) is 2.37. The summed E-state index contributed by atoms with van der Waals surface area (Å²) < 4.78 is 1.88. The summed E-state index contributed by atoms with van der Waals surface area (Å²) in [5, 5.41) is 9.35. The van der Waals surface area contributed by atoms with Gasteiger partial charge >= 0.3 is 5.97 Å². The van der Waals surface area contributed by atoms with E-state index in [2.05, 4.69) is 9.97 Å². The van der Waals surface area contributed by atoms with Gasteiger partial charge in [0, 0.05) is 29.8 Å². The first kappa shape index (κ1) is 13.1. The number of carboxylic acid groups (broad SMARTS) is 1. The van der Waals surface area contributed by atoms with Crippen molar-refractivity contribution in [3.8, 4) is 16.9 Å². The average molecular weight is 279 g/mol. The molecule has 1 N–H and O–H groups in total. The van der Waals surface area contributed by atoms with Gasteiger partial charge in [-0.3, -0.25) is 9.97 Å². The first-order chi connectivity index (χ1) is 10.2. The summed E-state index contributed by atoms with van der Waals surface area (Å²) in [5.41, 5.74) is 3.40. The van der Waals surface area contributed by atoms with E-state index < -0.39 is 5.97 Å². The zero-order chi connectivity index (χ0) is 14.8. The lowest BCUT2D eigenvalue weighted by Crippen LogP contribution is -2.02. The number of aromatic carboxylic acids is 1. The molecule has 0 spiro atoms. The van der Waals surface area contributed by atoms with Gasteiger partial charge in [0.2, 0.25) is 0 Å². The Labute approximate surface area is 121 Å². The second-order valence-corrected chi connectivity index (χ2v) is 4.62. The van der Waals surface area contributed by atoms with Crippen molar-refractivity contribution in [1.29, 1.82) is 0 Å². The van der Waals surface area contributed by atoms with Crippen LogP contribution in [0.1, 0.15) is 16.1 Å². The summed E-state index contributed by atoms with van der Waals surface area (Å²) in [4.78, 5) is 19.6. The van der Waals surface area contributed by atoms with Gasteiger partial charge in [0.05, 0.1) is 23.1 Å². The number of carbonyl (C=O) groups is 1. The maximum atomic E-state index is 11.4. The maximum absolute atomic E-state index is 11.4. The van der Waals surface area contributed by atoms with Crippen LogP contribution >= 0.6 is 0 Å². The van der Waals surface area contributed by atoms with Crippen LogP contribution in [-0.4, -0.2) is 25.6 Å². The van der Waals surface area contributed by atoms with Crippen molar-refractivity contribution in [3.63, 3.8) is 0 Å². The van der Waals surface area contributed by atoms with E-state index in [4.69, 9.17) is 0 Å². The van der Waals surface area contributed by atoms with E-state index in [0.717, 1.165) is 16.9 Å². The fourth-order valence-corrected chi connectivity index (χ4v) is 2.37. The van der Waals surface area contributed by atoms with E-state index in [0.29, 0.717) is 5.69 Å². The van der Waals surface area contributed by atoms with Crippen molar-refractivity contribution in [2.24, 2.45) is 0 Å². The highest BCUT2D eigenvalue weighted by atomic mass is 16.4. The molecule has 3 rings (SSSR count). The van der Waals surface area contributed by atoms with Crippen molar-refractivity contribution in [2.45, 2.75) is 6.92 Å². The highest BCUT2D eigenvalue weighted by Gasteiger charge is 2.18. The number of aromatic nitrogens is 3. The number of pyridine rings is 2. The molecule has 0 aromatic carbocycles. The minimum atomic E-state index is -0.944. The molecule has 3 aromatic rings. The lowest BCUT2D eigenvalue weighted by Gasteiger charge is -2.11. The fraction of sp³-hybridized carbons (Fsp3) is 0.0625. The van der Waals surface area contributed by atoms with Gasteiger partial charge in [-0.2, -0.15) is 0 Å². The van der Waals surface area contributed by atoms with Crippen LogP contribution < -0.4 is 0 Å². The van der Waals surface area contributed by atoms with Gasteiger partial charge in [0.15, 0.2) is 0 Å². The van der Waals surface area contributed by atoms with Gasteiger partial charge < -0.3 is 9.67 Å². The molecule has 0 radical (unpaired) electrons. The summed E-state index contributed by atoms with van der Waals surface area (Å²) in [6, 6.07) is 9.11. The molecule has 3 heterocycles. The van der Waals surface area contributed by atoms with Gasteiger partial charge in [-0.1, -0.05) is 0 Å². The first-order valence-electron chi connectivity index (χ1n) is 6.45. The molecule has 0 aliphatic rings. The smallest absolute Gasteiger partial charge is 0.337 e. The van der Waals surface area contributed by atoms with Crippen molar-refractivity contribution in [2.75, 3.05) is 0 Å². The predicted octanol–water partition coefficient (Wildman–Crippen LogP) is 2.94. The molecule has 0 atom stereocenters. The minimum Gasteiger partial charge on any atom is -0.478 e. The molecule has 0 unspecified atom stereocenters. The third-order valence-corrected chi connectivity index (χ3v) is 3.34. The average Bonchev–Trinajstić information content (AvgIpc) is 2.87. The zero-order valence-corrected chi connectivity index (χ0v) is 11.4. The second-order valence-electron chi connectivity index (χ2n) is 4.62. The maximum Gasteiger partial charge on any atom is 0.337 e. The topological polar surface area (TPSA) is 68.0 Å². The summed E-state index contributed by atoms with van der Waals surface area (Å²) in [7, 11) is 0. The number of hydrogen-bond donors (Lipinski definition) is 1. The van der Waals surface area contributed by atoms with Crippen molar-refractivity contribution >= 4 is 5.97 Å². The summed E-state index contributed by atoms with van der Waals surface area (Å²) >= 11 is 0. The highest BCUT2D eigenvalue weighted by Crippen LogP contribution is 2.28. The van der Waals surface area contributed by atoms with Crippen LogP contribution in [0.3, 0.4) is 0 Å². The molecule has 0 fully saturated rings. The molecular weight excluding hydrogens is 266 g/mol. The Kier molecular flexibility index (Phi) is 3.23. The summed E-state index contributed by atoms with van der Waals surface area (Å²) in [6.07, 6.45) is 6.79.